The number of nitrogens with zero attached hydrogens (tertiary/aromatic N) is 2. The molecule has 1 saturated carbocycles. The Morgan fingerprint density at radius 3 is 1.22 bits per heavy atom. The highest BCUT2D eigenvalue weighted by Crippen LogP contribution is 2.59. The van der Waals surface area contributed by atoms with Crippen LogP contribution in [0.1, 0.15) is 72.1 Å². The first-order valence-electron chi connectivity index (χ1n) is 15.3. The molecule has 3 fully saturated rings. The number of halogens is 2. The van der Waals surface area contributed by atoms with Crippen LogP contribution in [0.3, 0.4) is 0 Å². The van der Waals surface area contributed by atoms with Gasteiger partial charge < -0.3 is 9.47 Å². The van der Waals surface area contributed by atoms with Gasteiger partial charge in [0.15, 0.2) is 0 Å². The van der Waals surface area contributed by atoms with Crippen LogP contribution >= 0.6 is 23.2 Å². The minimum Gasteiger partial charge on any atom is -0.462 e. The molecule has 45 heavy (non-hydrogen) atoms. The first-order chi connectivity index (χ1) is 21.4. The van der Waals surface area contributed by atoms with Crippen LogP contribution in [0.15, 0.2) is 58.3 Å². The normalized spacial score (nSPS) is 23.0. The molecule has 2 aliphatic heterocycles. The van der Waals surface area contributed by atoms with Crippen molar-refractivity contribution in [2.45, 2.75) is 65.5 Å². The van der Waals surface area contributed by atoms with Crippen molar-refractivity contribution in [1.29, 1.82) is 0 Å². The maximum Gasteiger partial charge on any atom is 0.338 e. The summed E-state index contributed by atoms with van der Waals surface area (Å²) < 4.78 is 64.5. The average Bonchev–Trinajstić information content (AvgIpc) is 3.75. The number of sulfonamides is 2. The van der Waals surface area contributed by atoms with E-state index >= 15 is 0 Å². The Balaban J connectivity index is 1.10. The second-order valence-corrected chi connectivity index (χ2v) is 17.1. The maximum absolute atomic E-state index is 13.0. The summed E-state index contributed by atoms with van der Waals surface area (Å²) in [6.07, 6.45) is 7.33. The highest BCUT2D eigenvalue weighted by Gasteiger charge is 2.64. The quantitative estimate of drug-likeness (QED) is 0.243. The zero-order valence-electron chi connectivity index (χ0n) is 24.9. The van der Waals surface area contributed by atoms with E-state index in [1.165, 1.54) is 57.1 Å². The van der Waals surface area contributed by atoms with E-state index < -0.39 is 48.2 Å². The van der Waals surface area contributed by atoms with Crippen LogP contribution < -0.4 is 0 Å². The predicted octanol–water partition coefficient (Wildman–Crippen LogP) is 5.25. The van der Waals surface area contributed by atoms with Crippen LogP contribution in [-0.4, -0.2) is 81.1 Å². The van der Waals surface area contributed by atoms with Crippen LogP contribution in [0.25, 0.3) is 0 Å². The van der Waals surface area contributed by atoms with E-state index in [9.17, 15) is 26.4 Å². The Morgan fingerprint density at radius 2 is 0.911 bits per heavy atom. The van der Waals surface area contributed by atoms with Crippen LogP contribution in [-0.2, 0) is 29.5 Å². The van der Waals surface area contributed by atoms with Crippen LogP contribution in [0.5, 0.6) is 0 Å². The predicted molar refractivity (Wildman–Crippen MR) is 169 cm³/mol. The van der Waals surface area contributed by atoms with E-state index in [1.807, 2.05) is 0 Å². The van der Waals surface area contributed by atoms with Gasteiger partial charge in [-0.3, -0.25) is 0 Å². The second-order valence-electron chi connectivity index (χ2n) is 11.8. The summed E-state index contributed by atoms with van der Waals surface area (Å²) in [5.41, 5.74) is 0.369. The molecule has 14 heteroatoms. The molecule has 246 valence electrons. The van der Waals surface area contributed by atoms with Gasteiger partial charge in [-0.15, -0.1) is 23.2 Å². The number of ether oxygens (including phenoxy) is 2. The van der Waals surface area contributed by atoms with Gasteiger partial charge in [-0.2, -0.15) is 8.61 Å². The van der Waals surface area contributed by atoms with Gasteiger partial charge in [0, 0.05) is 38.0 Å². The topological polar surface area (TPSA) is 127 Å². The molecule has 2 aromatic rings. The van der Waals surface area contributed by atoms with E-state index in [1.54, 1.807) is 0 Å². The first kappa shape index (κ1) is 34.1. The van der Waals surface area contributed by atoms with Gasteiger partial charge in [-0.05, 0) is 74.2 Å². The largest absolute Gasteiger partial charge is 0.462 e. The minimum absolute atomic E-state index is 0.120. The maximum atomic E-state index is 13.0. The van der Waals surface area contributed by atoms with Crippen molar-refractivity contribution >= 4 is 55.2 Å². The lowest BCUT2D eigenvalue weighted by atomic mass is 10.2. The number of hydrogen-bond donors (Lipinski definition) is 0. The highest BCUT2D eigenvalue weighted by molar-refractivity contribution is 7.89. The summed E-state index contributed by atoms with van der Waals surface area (Å²) in [6.45, 7) is 1.70. The Bertz CT molecular complexity index is 1450. The zero-order chi connectivity index (χ0) is 32.2. The number of carbonyl (C=O) groups is 2. The molecule has 2 atom stereocenters. The summed E-state index contributed by atoms with van der Waals surface area (Å²) >= 11 is 12.8. The molecule has 0 amide bonds. The van der Waals surface area contributed by atoms with Crippen molar-refractivity contribution in [3.05, 3.63) is 59.7 Å². The summed E-state index contributed by atoms with van der Waals surface area (Å²) in [4.78, 5) is 25.6. The molecular weight excluding hydrogens is 663 g/mol. The number of alkyl halides is 2. The molecule has 0 bridgehead atoms. The molecule has 2 saturated heterocycles. The highest BCUT2D eigenvalue weighted by atomic mass is 35.5. The zero-order valence-corrected chi connectivity index (χ0v) is 28.1. The van der Waals surface area contributed by atoms with E-state index in [0.29, 0.717) is 26.2 Å². The average molecular weight is 702 g/mol. The van der Waals surface area contributed by atoms with E-state index in [4.69, 9.17) is 32.7 Å². The molecule has 2 heterocycles. The first-order valence-corrected chi connectivity index (χ1v) is 19.0. The third kappa shape index (κ3) is 7.85. The van der Waals surface area contributed by atoms with Crippen LogP contribution in [0.4, 0.5) is 0 Å². The van der Waals surface area contributed by atoms with E-state index in [2.05, 4.69) is 0 Å². The van der Waals surface area contributed by atoms with Gasteiger partial charge in [0.25, 0.3) is 0 Å². The number of hydrogen-bond acceptors (Lipinski definition) is 8. The van der Waals surface area contributed by atoms with Gasteiger partial charge >= 0.3 is 11.9 Å². The molecule has 0 spiro atoms. The van der Waals surface area contributed by atoms with Crippen molar-refractivity contribution in [2.75, 3.05) is 39.4 Å². The fourth-order valence-electron chi connectivity index (χ4n) is 5.80. The lowest BCUT2D eigenvalue weighted by Crippen LogP contribution is -2.31. The lowest BCUT2D eigenvalue weighted by Gasteiger charge is -2.20. The smallest absolute Gasteiger partial charge is 0.338 e. The molecule has 5 rings (SSSR count). The Hall–Kier alpha value is -2.22. The van der Waals surface area contributed by atoms with Gasteiger partial charge in [-0.25, -0.2) is 26.4 Å². The Morgan fingerprint density at radius 1 is 0.600 bits per heavy atom. The summed E-state index contributed by atoms with van der Waals surface area (Å²) in [5, 5.41) is 0. The van der Waals surface area contributed by atoms with Gasteiger partial charge in [0.1, 0.15) is 4.33 Å². The monoisotopic (exact) mass is 700 g/mol. The number of benzene rings is 2. The van der Waals surface area contributed by atoms with Gasteiger partial charge in [-0.1, -0.05) is 25.7 Å². The van der Waals surface area contributed by atoms with Gasteiger partial charge in [0.2, 0.25) is 20.0 Å². The van der Waals surface area contributed by atoms with E-state index in [-0.39, 0.29) is 34.1 Å². The van der Waals surface area contributed by atoms with Crippen LogP contribution in [0.2, 0.25) is 0 Å². The third-order valence-corrected chi connectivity index (χ3v) is 13.7. The van der Waals surface area contributed by atoms with Crippen LogP contribution in [0, 0.1) is 11.8 Å². The molecule has 10 nitrogen and oxygen atoms in total. The standard InChI is InChI=1S/C31H38Cl2N2O8S2/c32-31(33)27(21-42-29(36)23-9-13-25(14-10-23)44(38,39)34-17-5-1-2-6-18-34)28(31)22-43-30(37)24-11-15-26(16-12-24)45(40,41)35-19-7-3-4-8-20-35/h9-16,27-28H,1-8,17-22H2/t27-,28+. The number of rotatable bonds is 10. The van der Waals surface area contributed by atoms with Gasteiger partial charge in [0.05, 0.1) is 34.1 Å². The van der Waals surface area contributed by atoms with Crippen molar-refractivity contribution in [1.82, 2.24) is 8.61 Å². The summed E-state index contributed by atoms with van der Waals surface area (Å²) in [5.74, 6) is -2.28. The molecule has 0 N–H and O–H groups in total. The summed E-state index contributed by atoms with van der Waals surface area (Å²) in [7, 11) is -7.28. The second kappa shape index (κ2) is 14.3. The minimum atomic E-state index is -3.64. The molecule has 3 aliphatic rings. The molecule has 0 unspecified atom stereocenters. The lowest BCUT2D eigenvalue weighted by molar-refractivity contribution is 0.0419. The molecular formula is C31H38Cl2N2O8S2. The fourth-order valence-corrected chi connectivity index (χ4v) is 9.57. The SMILES string of the molecule is O=C(OC[C@@H]1[C@H](COC(=O)c2ccc(S(=O)(=O)N3CCCCCC3)cc2)C1(Cl)Cl)c1ccc(S(=O)(=O)N2CCCCCC2)cc1. The Kier molecular flexibility index (Phi) is 10.8. The Labute approximate surface area is 275 Å². The fraction of sp³-hybridized carbons (Fsp3) is 0.548. The third-order valence-electron chi connectivity index (χ3n) is 8.74. The molecule has 0 radical (unpaired) electrons. The van der Waals surface area contributed by atoms with Crippen molar-refractivity contribution in [2.24, 2.45) is 11.8 Å². The van der Waals surface area contributed by atoms with Crippen molar-refractivity contribution < 1.29 is 35.9 Å². The molecule has 0 aromatic heterocycles. The van der Waals surface area contributed by atoms with E-state index in [0.717, 1.165) is 51.4 Å². The molecule has 1 aliphatic carbocycles. The number of esters is 2. The van der Waals surface area contributed by atoms with Crippen molar-refractivity contribution in [3.8, 4) is 0 Å². The summed E-state index contributed by atoms with van der Waals surface area (Å²) in [6, 6.07) is 11.3. The molecule has 2 aromatic carbocycles. The van der Waals surface area contributed by atoms with Crippen molar-refractivity contribution in [3.63, 3.8) is 0 Å². The number of carbonyl (C=O) groups excluding carboxylic acids is 2.